The van der Waals surface area contributed by atoms with E-state index in [-0.39, 0.29) is 0 Å². The average Bonchev–Trinajstić information content (AvgIpc) is 2.32. The van der Waals surface area contributed by atoms with Crippen LogP contribution in [0.25, 0.3) is 0 Å². The minimum Gasteiger partial charge on any atom is -0.396 e. The Kier molecular flexibility index (Phi) is 10.1. The molecule has 0 fully saturated rings. The van der Waals surface area contributed by atoms with Crippen LogP contribution in [0, 0.1) is 5.41 Å². The summed E-state index contributed by atoms with van der Waals surface area (Å²) < 4.78 is 0. The molecule has 0 aromatic heterocycles. The third-order valence-corrected chi connectivity index (χ3v) is 4.20. The first-order chi connectivity index (χ1) is 7.74. The first kappa shape index (κ1) is 16.0. The van der Waals surface area contributed by atoms with Crippen molar-refractivity contribution in [3.63, 3.8) is 0 Å². The summed E-state index contributed by atoms with van der Waals surface area (Å²) in [5, 5.41) is 9.14. The molecule has 0 saturated heterocycles. The highest BCUT2D eigenvalue weighted by Crippen LogP contribution is 2.36. The molecule has 0 bridgehead atoms. The Morgan fingerprint density at radius 2 is 1.31 bits per heavy atom. The first-order valence-corrected chi connectivity index (χ1v) is 7.35. The Hall–Kier alpha value is -0.0400. The fraction of sp³-hybridized carbons (Fsp3) is 1.00. The number of hydrogen-bond donors (Lipinski definition) is 1. The van der Waals surface area contributed by atoms with E-state index in [1.807, 2.05) is 0 Å². The summed E-state index contributed by atoms with van der Waals surface area (Å²) in [4.78, 5) is 0. The van der Waals surface area contributed by atoms with Gasteiger partial charge >= 0.3 is 0 Å². The molecule has 0 aromatic rings. The highest BCUT2D eigenvalue weighted by atomic mass is 16.3. The van der Waals surface area contributed by atoms with Crippen LogP contribution in [-0.4, -0.2) is 11.7 Å². The van der Waals surface area contributed by atoms with Crippen LogP contribution in [0.1, 0.15) is 85.0 Å². The zero-order valence-electron chi connectivity index (χ0n) is 11.7. The monoisotopic (exact) mass is 228 g/mol. The fourth-order valence-corrected chi connectivity index (χ4v) is 2.60. The van der Waals surface area contributed by atoms with Crippen molar-refractivity contribution in [3.8, 4) is 0 Å². The van der Waals surface area contributed by atoms with E-state index in [1.165, 1.54) is 57.8 Å². The van der Waals surface area contributed by atoms with Crippen LogP contribution in [0.2, 0.25) is 0 Å². The SMILES string of the molecule is CCCCCCCCC(CC)(CC)CCO. The van der Waals surface area contributed by atoms with Crippen molar-refractivity contribution < 1.29 is 5.11 Å². The molecule has 0 atom stereocenters. The van der Waals surface area contributed by atoms with Crippen molar-refractivity contribution in [2.24, 2.45) is 5.41 Å². The highest BCUT2D eigenvalue weighted by Gasteiger charge is 2.24. The fourth-order valence-electron chi connectivity index (χ4n) is 2.60. The standard InChI is InChI=1S/C15H32O/c1-4-7-8-9-10-11-12-15(5-2,6-3)13-14-16/h16H,4-14H2,1-3H3. The van der Waals surface area contributed by atoms with Crippen LogP contribution in [0.15, 0.2) is 0 Å². The average molecular weight is 228 g/mol. The molecule has 16 heavy (non-hydrogen) atoms. The third-order valence-electron chi connectivity index (χ3n) is 4.20. The van der Waals surface area contributed by atoms with Crippen molar-refractivity contribution in [1.29, 1.82) is 0 Å². The van der Waals surface area contributed by atoms with E-state index in [0.717, 1.165) is 6.42 Å². The van der Waals surface area contributed by atoms with Crippen LogP contribution < -0.4 is 0 Å². The number of aliphatic hydroxyl groups is 1. The molecule has 0 spiro atoms. The van der Waals surface area contributed by atoms with Gasteiger partial charge in [-0.25, -0.2) is 0 Å². The summed E-state index contributed by atoms with van der Waals surface area (Å²) in [5.41, 5.74) is 0.430. The lowest BCUT2D eigenvalue weighted by atomic mass is 9.75. The predicted octanol–water partition coefficient (Wildman–Crippen LogP) is 4.93. The van der Waals surface area contributed by atoms with Gasteiger partial charge in [0, 0.05) is 6.61 Å². The molecular weight excluding hydrogens is 196 g/mol. The molecule has 0 heterocycles. The van der Waals surface area contributed by atoms with Gasteiger partial charge < -0.3 is 5.11 Å². The molecule has 0 rings (SSSR count). The molecule has 0 radical (unpaired) electrons. The van der Waals surface area contributed by atoms with Gasteiger partial charge in [-0.3, -0.25) is 0 Å². The van der Waals surface area contributed by atoms with Crippen LogP contribution >= 0.6 is 0 Å². The van der Waals surface area contributed by atoms with Gasteiger partial charge in [0.05, 0.1) is 0 Å². The summed E-state index contributed by atoms with van der Waals surface area (Å²) in [6.45, 7) is 7.17. The van der Waals surface area contributed by atoms with Crippen LogP contribution in [-0.2, 0) is 0 Å². The largest absolute Gasteiger partial charge is 0.396 e. The van der Waals surface area contributed by atoms with E-state index in [0.29, 0.717) is 12.0 Å². The van der Waals surface area contributed by atoms with Crippen molar-refractivity contribution in [3.05, 3.63) is 0 Å². The zero-order valence-corrected chi connectivity index (χ0v) is 11.7. The van der Waals surface area contributed by atoms with Crippen molar-refractivity contribution in [2.75, 3.05) is 6.61 Å². The number of aliphatic hydroxyl groups excluding tert-OH is 1. The summed E-state index contributed by atoms with van der Waals surface area (Å²) in [7, 11) is 0. The molecule has 1 heteroatoms. The van der Waals surface area contributed by atoms with Crippen molar-refractivity contribution in [2.45, 2.75) is 85.0 Å². The maximum atomic E-state index is 9.14. The van der Waals surface area contributed by atoms with E-state index in [9.17, 15) is 0 Å². The molecule has 0 amide bonds. The molecule has 0 aromatic carbocycles. The normalized spacial score (nSPS) is 12.0. The molecule has 0 aliphatic heterocycles. The van der Waals surface area contributed by atoms with Gasteiger partial charge in [0.1, 0.15) is 0 Å². The Balaban J connectivity index is 3.67. The van der Waals surface area contributed by atoms with Crippen LogP contribution in [0.4, 0.5) is 0 Å². The van der Waals surface area contributed by atoms with E-state index in [4.69, 9.17) is 5.11 Å². The second-order valence-corrected chi connectivity index (χ2v) is 5.20. The third kappa shape index (κ3) is 6.52. The lowest BCUT2D eigenvalue weighted by Crippen LogP contribution is -2.20. The zero-order chi connectivity index (χ0) is 12.3. The van der Waals surface area contributed by atoms with E-state index in [1.54, 1.807) is 0 Å². The minimum absolute atomic E-state index is 0.359. The molecule has 98 valence electrons. The van der Waals surface area contributed by atoms with E-state index < -0.39 is 0 Å². The maximum Gasteiger partial charge on any atom is 0.0436 e. The molecular formula is C15H32O. The van der Waals surface area contributed by atoms with Crippen LogP contribution in [0.5, 0.6) is 0 Å². The van der Waals surface area contributed by atoms with Gasteiger partial charge in [-0.2, -0.15) is 0 Å². The lowest BCUT2D eigenvalue weighted by molar-refractivity contribution is 0.152. The molecule has 0 aliphatic carbocycles. The molecule has 1 N–H and O–H groups in total. The van der Waals surface area contributed by atoms with Gasteiger partial charge in [-0.1, -0.05) is 72.1 Å². The highest BCUT2D eigenvalue weighted by molar-refractivity contribution is 4.76. The Labute approximate surface area is 103 Å². The quantitative estimate of drug-likeness (QED) is 0.497. The Bertz CT molecular complexity index is 138. The maximum absolute atomic E-state index is 9.14. The summed E-state index contributed by atoms with van der Waals surface area (Å²) in [5.74, 6) is 0. The van der Waals surface area contributed by atoms with Crippen LogP contribution in [0.3, 0.4) is 0 Å². The van der Waals surface area contributed by atoms with E-state index >= 15 is 0 Å². The minimum atomic E-state index is 0.359. The first-order valence-electron chi connectivity index (χ1n) is 7.35. The Morgan fingerprint density at radius 3 is 1.81 bits per heavy atom. The van der Waals surface area contributed by atoms with Gasteiger partial charge in [0.15, 0.2) is 0 Å². The van der Waals surface area contributed by atoms with E-state index in [2.05, 4.69) is 20.8 Å². The second kappa shape index (κ2) is 10.1. The molecule has 1 nitrogen and oxygen atoms in total. The molecule has 0 aliphatic rings. The summed E-state index contributed by atoms with van der Waals surface area (Å²) in [6.07, 6.45) is 13.0. The van der Waals surface area contributed by atoms with Gasteiger partial charge in [-0.05, 0) is 18.3 Å². The lowest BCUT2D eigenvalue weighted by Gasteiger charge is -2.31. The molecule has 0 saturated carbocycles. The van der Waals surface area contributed by atoms with Gasteiger partial charge in [-0.15, -0.1) is 0 Å². The van der Waals surface area contributed by atoms with Crippen molar-refractivity contribution in [1.82, 2.24) is 0 Å². The number of rotatable bonds is 11. The Morgan fingerprint density at radius 1 is 0.750 bits per heavy atom. The van der Waals surface area contributed by atoms with Gasteiger partial charge in [0.2, 0.25) is 0 Å². The summed E-state index contributed by atoms with van der Waals surface area (Å²) in [6, 6.07) is 0. The second-order valence-electron chi connectivity index (χ2n) is 5.20. The topological polar surface area (TPSA) is 20.2 Å². The van der Waals surface area contributed by atoms with Crippen molar-refractivity contribution >= 4 is 0 Å². The number of hydrogen-bond acceptors (Lipinski definition) is 1. The number of unbranched alkanes of at least 4 members (excludes halogenated alkanes) is 5. The molecule has 0 unspecified atom stereocenters. The smallest absolute Gasteiger partial charge is 0.0436 e. The predicted molar refractivity (Wildman–Crippen MR) is 72.7 cm³/mol. The van der Waals surface area contributed by atoms with Gasteiger partial charge in [0.25, 0.3) is 0 Å². The summed E-state index contributed by atoms with van der Waals surface area (Å²) >= 11 is 0.